The van der Waals surface area contributed by atoms with Crippen molar-refractivity contribution in [2.45, 2.75) is 224 Å². The summed E-state index contributed by atoms with van der Waals surface area (Å²) in [5.41, 5.74) is 34.6. The highest BCUT2D eigenvalue weighted by Gasteiger charge is 2.42. The molecular formula is C115H164N20O14S. The normalized spacial score (nSPS) is 15.0. The second-order valence-corrected chi connectivity index (χ2v) is 40.4. The largest absolute Gasteiger partial charge is 0.368 e. The van der Waals surface area contributed by atoms with Gasteiger partial charge < -0.3 is 98.9 Å². The number of rotatable bonds is 64. The van der Waals surface area contributed by atoms with Gasteiger partial charge in [-0.2, -0.15) is 11.8 Å². The van der Waals surface area contributed by atoms with Crippen molar-refractivity contribution in [2.24, 2.45) is 28.7 Å². The van der Waals surface area contributed by atoms with Crippen LogP contribution < -0.4 is 49.9 Å². The SMILES string of the molecule is C=C1N[C@H]2CSC(CCCCC(=O)NCCCC[C@H](NC(=O)CN(C(=O)CN(C(=O)CN(C)CCCCN)[C@@H](C)c3ccccc3)[C@@H](C)c3ccccc3)C(N)=O)[C@H]2N1.CC(=O)CN(C(=O)CN(CCCCN)C(=O)CN(C(=O)CN(C(=O)CN(CCCCN)C(=O)CN(C(=O)CN(CCCCN)C(=O)CN(C(C)=O)[C@@H](C)c1ccccc1)[C@@H](C)c1ccccc1)[C@@H](C)c1ccccc1)[C@@H](C)c1ccccc1)[C@@H](C)c1ccccc1. The number of thioether (sulfide) groups is 1. The molecule has 2 saturated heterocycles. The molecule has 0 spiro atoms. The molecule has 35 heteroatoms. The molecule has 34 nitrogen and oxygen atoms in total. The first-order valence-electron chi connectivity index (χ1n) is 53.0. The number of nitrogens with two attached hydrogens (primary N) is 5. The topological polar surface area (TPSA) is 453 Å². The minimum absolute atomic E-state index is 0.000921. The Balaban J connectivity index is 0.000000400. The molecule has 7 aromatic carbocycles. The molecule has 0 bridgehead atoms. The van der Waals surface area contributed by atoms with Crippen molar-refractivity contribution in [3.63, 3.8) is 0 Å². The van der Waals surface area contributed by atoms with Crippen LogP contribution in [0.4, 0.5) is 0 Å². The van der Waals surface area contributed by atoms with Crippen molar-refractivity contribution in [3.8, 4) is 0 Å². The Morgan fingerprint density at radius 3 is 0.973 bits per heavy atom. The van der Waals surface area contributed by atoms with Crippen LogP contribution in [0.3, 0.4) is 0 Å². The second-order valence-electron chi connectivity index (χ2n) is 39.1. The fraction of sp³-hybridized carbons (Fsp3) is 0.496. The van der Waals surface area contributed by atoms with Crippen molar-refractivity contribution in [2.75, 3.05) is 144 Å². The van der Waals surface area contributed by atoms with Crippen molar-refractivity contribution in [3.05, 3.63) is 264 Å². The van der Waals surface area contributed by atoms with Gasteiger partial charge in [0, 0.05) is 50.5 Å². The van der Waals surface area contributed by atoms with E-state index in [2.05, 4.69) is 27.8 Å². The molecule has 7 aromatic rings. The second kappa shape index (κ2) is 65.0. The molecule has 0 radical (unpaired) electrons. The molecule has 9 rings (SSSR count). The molecule has 2 aliphatic rings. The van der Waals surface area contributed by atoms with E-state index in [0.29, 0.717) is 131 Å². The molecule has 0 aliphatic carbocycles. The number of carbonyl (C=O) groups excluding carboxylic acids is 14. The van der Waals surface area contributed by atoms with Crippen molar-refractivity contribution >= 4 is 94.3 Å². The summed E-state index contributed by atoms with van der Waals surface area (Å²) in [7, 11) is 1.87. The van der Waals surface area contributed by atoms with Crippen molar-refractivity contribution in [1.82, 2.24) is 75.2 Å². The zero-order chi connectivity index (χ0) is 109. The van der Waals surface area contributed by atoms with E-state index in [9.17, 15) is 47.9 Å². The summed E-state index contributed by atoms with van der Waals surface area (Å²) in [5, 5.41) is 13.1. The molecule has 13 amide bonds. The van der Waals surface area contributed by atoms with E-state index in [0.717, 1.165) is 65.9 Å². The van der Waals surface area contributed by atoms with Crippen LogP contribution in [0.5, 0.6) is 0 Å². The standard InChI is InChI=1S/C71H97N11O9.C44H67N9O5S/c1-53(83)45-79(55(3)61-31-15-9-16-32-61)68(88)46-76(43-27-24-40-73)67(87)51-81(57(5)63-35-19-11-20-36-63)71(91)52-82(58(6)64-37-21-12-22-38-64)70(90)48-77(44-28-25-41-74)66(86)50-80(56(4)62-33-17-10-18-34-62)69(89)47-75(42-26-23-39-72)65(85)49-78(59(7)84)54(2)60-29-13-8-14-30-60;1-31(34-17-7-5-8-18-34)52(42(57)29-53(32(2)35-19-9-6-10-20-35)41(56)28-51(4)26-16-14-24-45)27-40(55)50-36(44(46)58)21-13-15-25-47-39(54)23-12-11-22-38-43-37(30-59-38)48-33(3)49-43/h8-22,29-38,54-58H,23-28,39-52,72-74H2,1-7H3;5-10,17-20,31-32,36-38,43,48-49H,3,11-16,21-30,45H2,1-2,4H3,(H2,46,58)(H,47,54)(H,50,55)/t54-,55-,56-,57-,58-;31-,32-,36-,37-,38?,43-/m00/s1. The highest BCUT2D eigenvalue weighted by Crippen LogP contribution is 2.36. The Labute approximate surface area is 891 Å². The number of amides is 13. The van der Waals surface area contributed by atoms with Crippen LogP contribution in [-0.2, 0) is 67.1 Å². The van der Waals surface area contributed by atoms with Gasteiger partial charge in [0.15, 0.2) is 0 Å². The van der Waals surface area contributed by atoms with E-state index in [-0.39, 0.29) is 88.8 Å². The number of hydrogen-bond donors (Lipinski definition) is 9. The van der Waals surface area contributed by atoms with Crippen LogP contribution in [0.1, 0.15) is 240 Å². The summed E-state index contributed by atoms with van der Waals surface area (Å²) in [6.45, 7) is 18.8. The smallest absolute Gasteiger partial charge is 0.243 e. The molecule has 2 fully saturated rings. The minimum Gasteiger partial charge on any atom is -0.368 e. The van der Waals surface area contributed by atoms with E-state index < -0.39 is 140 Å². The predicted octanol–water partition coefficient (Wildman–Crippen LogP) is 10.4. The van der Waals surface area contributed by atoms with Crippen LogP contribution >= 0.6 is 11.8 Å². The lowest BCUT2D eigenvalue weighted by Crippen LogP contribution is -2.53. The highest BCUT2D eigenvalue weighted by atomic mass is 32.2. The summed E-state index contributed by atoms with van der Waals surface area (Å²) in [5.74, 6) is -4.20. The molecule has 0 aromatic heterocycles. The Bertz CT molecular complexity index is 5380. The number of unbranched alkanes of at least 4 members (excludes halogenated alkanes) is 6. The number of carbonyl (C=O) groups is 14. The number of likely N-dealkylation sites (N-methyl/N-ethyl adjacent to an activating group) is 1. The lowest BCUT2D eigenvalue weighted by molar-refractivity contribution is -0.151. The summed E-state index contributed by atoms with van der Waals surface area (Å²) in [4.78, 5) is 214. The van der Waals surface area contributed by atoms with Crippen LogP contribution in [0.2, 0.25) is 0 Å². The van der Waals surface area contributed by atoms with Gasteiger partial charge in [0.25, 0.3) is 0 Å². The first-order chi connectivity index (χ1) is 72.1. The lowest BCUT2D eigenvalue weighted by atomic mass is 10.0. The number of fused-ring (bicyclic) bond motifs is 1. The Hall–Kier alpha value is -13.2. The van der Waals surface area contributed by atoms with Crippen LogP contribution in [0.15, 0.2) is 225 Å². The number of primary amides is 1. The van der Waals surface area contributed by atoms with Gasteiger partial charge in [-0.25, -0.2) is 0 Å². The number of ketones is 1. The highest BCUT2D eigenvalue weighted by molar-refractivity contribution is 8.00. The summed E-state index contributed by atoms with van der Waals surface area (Å²) >= 11 is 1.97. The minimum atomic E-state index is -0.956. The summed E-state index contributed by atoms with van der Waals surface area (Å²) in [6.07, 6.45) is 9.38. The number of hydrogen-bond acceptors (Lipinski definition) is 22. The maximum Gasteiger partial charge on any atom is 0.243 e. The van der Waals surface area contributed by atoms with Crippen molar-refractivity contribution < 1.29 is 67.1 Å². The fourth-order valence-electron chi connectivity index (χ4n) is 18.8. The molecule has 1 unspecified atom stereocenters. The third-order valence-electron chi connectivity index (χ3n) is 28.0. The molecule has 0 saturated carbocycles. The number of benzene rings is 7. The third kappa shape index (κ3) is 39.6. The molecule has 14 N–H and O–H groups in total. The maximum atomic E-state index is 15.4. The van der Waals surface area contributed by atoms with E-state index in [1.54, 1.807) is 25.7 Å². The van der Waals surface area contributed by atoms with E-state index in [1.165, 1.54) is 57.9 Å². The quantitative estimate of drug-likeness (QED) is 0.0160. The Morgan fingerprint density at radius 2 is 0.647 bits per heavy atom. The number of nitrogens with one attached hydrogen (secondary N) is 4. The van der Waals surface area contributed by atoms with Gasteiger partial charge in [0.1, 0.15) is 51.1 Å². The monoisotopic (exact) mass is 2080 g/mol. The van der Waals surface area contributed by atoms with Crippen LogP contribution in [0.25, 0.3) is 0 Å². The van der Waals surface area contributed by atoms with Gasteiger partial charge in [-0.1, -0.05) is 225 Å². The molecular weight excluding hydrogens is 1920 g/mol. The summed E-state index contributed by atoms with van der Waals surface area (Å²) < 4.78 is 0. The van der Waals surface area contributed by atoms with Crippen molar-refractivity contribution in [1.29, 1.82) is 0 Å². The van der Waals surface area contributed by atoms with Gasteiger partial charge in [0.05, 0.1) is 92.9 Å². The van der Waals surface area contributed by atoms with E-state index in [4.69, 9.17) is 28.7 Å². The van der Waals surface area contributed by atoms with Gasteiger partial charge in [-0.05, 0) is 218 Å². The average Bonchev–Trinajstić information content (AvgIpc) is 1.61. The predicted molar refractivity (Wildman–Crippen MR) is 588 cm³/mol. The van der Waals surface area contributed by atoms with Crippen LogP contribution in [-0.4, -0.2) is 304 Å². The third-order valence-corrected chi connectivity index (χ3v) is 29.5. The van der Waals surface area contributed by atoms with E-state index >= 15 is 19.2 Å². The fourth-order valence-corrected chi connectivity index (χ4v) is 20.3. The lowest BCUT2D eigenvalue weighted by Gasteiger charge is -2.37. The molecule has 814 valence electrons. The maximum absolute atomic E-state index is 15.4. The average molecular weight is 2080 g/mol. The molecule has 11 atom stereocenters. The zero-order valence-corrected chi connectivity index (χ0v) is 90.5. The van der Waals surface area contributed by atoms with Gasteiger partial charge in [-0.3, -0.25) is 72.0 Å². The first-order valence-corrected chi connectivity index (χ1v) is 54.0. The van der Waals surface area contributed by atoms with E-state index in [1.807, 2.05) is 264 Å². The van der Waals surface area contributed by atoms with Gasteiger partial charge in [-0.15, -0.1) is 0 Å². The number of nitrogens with zero attached hydrogens (tertiary/aromatic N) is 11. The van der Waals surface area contributed by atoms with Crippen LogP contribution in [0, 0.1) is 0 Å². The molecule has 2 aliphatic heterocycles. The summed E-state index contributed by atoms with van der Waals surface area (Å²) in [6, 6.07) is 60.8. The Morgan fingerprint density at radius 1 is 0.347 bits per heavy atom. The van der Waals surface area contributed by atoms with Gasteiger partial charge in [0.2, 0.25) is 76.8 Å². The number of Topliss-reactive ketones (excluding diaryl/α,β-unsaturated/α-hetero) is 1. The first kappa shape index (κ1) is 122. The molecule has 2 heterocycles. The Kier molecular flexibility index (Phi) is 52.9. The zero-order valence-electron chi connectivity index (χ0n) is 89.7. The van der Waals surface area contributed by atoms with Gasteiger partial charge >= 0.3 is 0 Å². The molecule has 150 heavy (non-hydrogen) atoms.